The number of nitriles is 1. The summed E-state index contributed by atoms with van der Waals surface area (Å²) in [5.74, 6) is 0. The van der Waals surface area contributed by atoms with Crippen molar-refractivity contribution in [3.8, 4) is 6.07 Å². The van der Waals surface area contributed by atoms with Crippen molar-refractivity contribution in [1.29, 1.82) is 5.26 Å². The summed E-state index contributed by atoms with van der Waals surface area (Å²) in [5, 5.41) is 9.44. The average Bonchev–Trinajstić information content (AvgIpc) is 2.62. The van der Waals surface area contributed by atoms with Gasteiger partial charge in [0.25, 0.3) is 0 Å². The van der Waals surface area contributed by atoms with Gasteiger partial charge in [0, 0.05) is 12.6 Å². The van der Waals surface area contributed by atoms with Crippen molar-refractivity contribution in [1.82, 2.24) is 4.31 Å². The molecule has 1 aliphatic heterocycles. The number of morpholine rings is 1. The average molecular weight is 377 g/mol. The van der Waals surface area contributed by atoms with E-state index in [4.69, 9.17) is 16.3 Å². The Bertz CT molecular complexity index is 910. The number of sulfonamides is 1. The molecule has 0 bridgehead atoms. The Balaban J connectivity index is 1.99. The Kier molecular flexibility index (Phi) is 5.11. The molecule has 25 heavy (non-hydrogen) atoms. The van der Waals surface area contributed by atoms with Gasteiger partial charge >= 0.3 is 0 Å². The summed E-state index contributed by atoms with van der Waals surface area (Å²) in [7, 11) is -3.87. The van der Waals surface area contributed by atoms with Crippen LogP contribution in [0.4, 0.5) is 0 Å². The molecule has 2 aromatic rings. The van der Waals surface area contributed by atoms with Crippen LogP contribution in [0.15, 0.2) is 53.4 Å². The fourth-order valence-electron chi connectivity index (χ4n) is 2.89. The zero-order chi connectivity index (χ0) is 18.0. The molecule has 0 N–H and O–H groups in total. The lowest BCUT2D eigenvalue weighted by molar-refractivity contribution is -0.0288. The van der Waals surface area contributed by atoms with Crippen LogP contribution in [-0.4, -0.2) is 31.9 Å². The quantitative estimate of drug-likeness (QED) is 0.823. The van der Waals surface area contributed by atoms with Gasteiger partial charge in [-0.2, -0.15) is 9.57 Å². The molecule has 1 heterocycles. The first kappa shape index (κ1) is 17.9. The molecule has 3 rings (SSSR count). The van der Waals surface area contributed by atoms with Crippen molar-refractivity contribution >= 4 is 21.6 Å². The van der Waals surface area contributed by atoms with E-state index in [2.05, 4.69) is 0 Å². The third kappa shape index (κ3) is 3.42. The van der Waals surface area contributed by atoms with Crippen LogP contribution >= 0.6 is 11.6 Å². The molecule has 7 heteroatoms. The molecule has 0 spiro atoms. The number of hydrogen-bond acceptors (Lipinski definition) is 4. The molecule has 1 saturated heterocycles. The van der Waals surface area contributed by atoms with E-state index in [-0.39, 0.29) is 40.8 Å². The van der Waals surface area contributed by atoms with E-state index in [9.17, 15) is 13.7 Å². The minimum atomic E-state index is -3.87. The highest BCUT2D eigenvalue weighted by molar-refractivity contribution is 7.89. The van der Waals surface area contributed by atoms with Crippen LogP contribution in [0.3, 0.4) is 0 Å². The normalized spacial score (nSPS) is 21.6. The largest absolute Gasteiger partial charge is 0.370 e. The van der Waals surface area contributed by atoms with Crippen LogP contribution in [0, 0.1) is 11.3 Å². The van der Waals surface area contributed by atoms with Gasteiger partial charge in [0.15, 0.2) is 0 Å². The Morgan fingerprint density at radius 2 is 1.92 bits per heavy atom. The maximum absolute atomic E-state index is 13.2. The Labute approximate surface area is 152 Å². The monoisotopic (exact) mass is 376 g/mol. The maximum atomic E-state index is 13.2. The predicted molar refractivity (Wildman–Crippen MR) is 94.7 cm³/mol. The summed E-state index contributed by atoms with van der Waals surface area (Å²) in [6.07, 6.45) is -0.350. The van der Waals surface area contributed by atoms with Gasteiger partial charge in [-0.05, 0) is 24.6 Å². The molecule has 0 aliphatic carbocycles. The Morgan fingerprint density at radius 1 is 1.20 bits per heavy atom. The zero-order valence-corrected chi connectivity index (χ0v) is 15.2. The highest BCUT2D eigenvalue weighted by Crippen LogP contribution is 2.32. The summed E-state index contributed by atoms with van der Waals surface area (Å²) >= 11 is 6.01. The van der Waals surface area contributed by atoms with Crippen molar-refractivity contribution in [2.24, 2.45) is 0 Å². The van der Waals surface area contributed by atoms with Gasteiger partial charge in [0.1, 0.15) is 11.0 Å². The number of nitrogens with zero attached hydrogens (tertiary/aromatic N) is 2. The minimum Gasteiger partial charge on any atom is -0.370 e. The number of benzene rings is 2. The summed E-state index contributed by atoms with van der Waals surface area (Å²) in [4.78, 5) is -0.0666. The van der Waals surface area contributed by atoms with E-state index in [0.717, 1.165) is 5.56 Å². The molecule has 130 valence electrons. The summed E-state index contributed by atoms with van der Waals surface area (Å²) in [6.45, 7) is 2.25. The second kappa shape index (κ2) is 7.14. The van der Waals surface area contributed by atoms with Gasteiger partial charge in [-0.1, -0.05) is 48.0 Å². The molecule has 0 radical (unpaired) electrons. The van der Waals surface area contributed by atoms with Crippen molar-refractivity contribution < 1.29 is 13.2 Å². The van der Waals surface area contributed by atoms with Crippen molar-refractivity contribution in [3.63, 3.8) is 0 Å². The van der Waals surface area contributed by atoms with Gasteiger partial charge in [0.2, 0.25) is 10.0 Å². The Morgan fingerprint density at radius 3 is 2.60 bits per heavy atom. The number of ether oxygens (including phenoxy) is 1. The van der Waals surface area contributed by atoms with Gasteiger partial charge in [-0.3, -0.25) is 0 Å². The molecule has 2 unspecified atom stereocenters. The first-order valence-electron chi connectivity index (χ1n) is 7.82. The van der Waals surface area contributed by atoms with Crippen LogP contribution < -0.4 is 0 Å². The fraction of sp³-hybridized carbons (Fsp3) is 0.278. The number of rotatable bonds is 3. The standard InChI is InChI=1S/C18H17ClN2O3S/c1-13-12-24-17(14-6-3-2-4-7-14)11-21(13)25(22,23)18-9-5-8-16(19)15(18)10-20/h2-9,13,17H,11-12H2,1H3. The third-order valence-corrected chi connectivity index (χ3v) is 6.56. The second-order valence-electron chi connectivity index (χ2n) is 5.88. The van der Waals surface area contributed by atoms with E-state index < -0.39 is 10.0 Å². The number of hydrogen-bond donors (Lipinski definition) is 0. The first-order chi connectivity index (χ1) is 11.9. The van der Waals surface area contributed by atoms with Gasteiger partial charge in [-0.25, -0.2) is 8.42 Å². The van der Waals surface area contributed by atoms with E-state index in [1.807, 2.05) is 36.4 Å². The third-order valence-electron chi connectivity index (χ3n) is 4.22. The lowest BCUT2D eigenvalue weighted by Crippen LogP contribution is -2.48. The molecule has 2 aromatic carbocycles. The lowest BCUT2D eigenvalue weighted by Gasteiger charge is -2.37. The predicted octanol–water partition coefficient (Wildman–Crippen LogP) is 3.36. The van der Waals surface area contributed by atoms with E-state index >= 15 is 0 Å². The molecule has 0 saturated carbocycles. The van der Waals surface area contributed by atoms with Gasteiger partial charge in [0.05, 0.1) is 23.3 Å². The molecule has 0 amide bonds. The summed E-state index contributed by atoms with van der Waals surface area (Å²) < 4.78 is 33.5. The second-order valence-corrected chi connectivity index (χ2v) is 8.15. The molecule has 2 atom stereocenters. The summed E-state index contributed by atoms with van der Waals surface area (Å²) in [6, 6.07) is 15.5. The van der Waals surface area contributed by atoms with E-state index in [1.165, 1.54) is 22.5 Å². The smallest absolute Gasteiger partial charge is 0.244 e. The molecule has 5 nitrogen and oxygen atoms in total. The minimum absolute atomic E-state index is 0.0286. The van der Waals surface area contributed by atoms with Gasteiger partial charge in [-0.15, -0.1) is 0 Å². The Hall–Kier alpha value is -1.91. The SMILES string of the molecule is CC1COC(c2ccccc2)CN1S(=O)(=O)c1cccc(Cl)c1C#N. The number of halogens is 1. The molecule has 1 fully saturated rings. The van der Waals surface area contributed by atoms with Crippen LogP contribution in [0.2, 0.25) is 5.02 Å². The van der Waals surface area contributed by atoms with Crippen LogP contribution in [-0.2, 0) is 14.8 Å². The molecule has 1 aliphatic rings. The van der Waals surface area contributed by atoms with Crippen molar-refractivity contribution in [2.45, 2.75) is 24.0 Å². The van der Waals surface area contributed by atoms with Crippen LogP contribution in [0.5, 0.6) is 0 Å². The highest BCUT2D eigenvalue weighted by atomic mass is 35.5. The maximum Gasteiger partial charge on any atom is 0.244 e. The topological polar surface area (TPSA) is 70.4 Å². The highest BCUT2D eigenvalue weighted by Gasteiger charge is 2.37. The molecular weight excluding hydrogens is 360 g/mol. The fourth-order valence-corrected chi connectivity index (χ4v) is 4.95. The van der Waals surface area contributed by atoms with Crippen LogP contribution in [0.25, 0.3) is 0 Å². The first-order valence-corrected chi connectivity index (χ1v) is 9.64. The summed E-state index contributed by atoms with van der Waals surface area (Å²) in [5.41, 5.74) is 0.889. The van der Waals surface area contributed by atoms with Crippen LogP contribution in [0.1, 0.15) is 24.2 Å². The van der Waals surface area contributed by atoms with Crippen molar-refractivity contribution in [3.05, 3.63) is 64.7 Å². The van der Waals surface area contributed by atoms with Crippen molar-refractivity contribution in [2.75, 3.05) is 13.2 Å². The molecule has 0 aromatic heterocycles. The molecular formula is C18H17ClN2O3S. The van der Waals surface area contributed by atoms with E-state index in [1.54, 1.807) is 6.92 Å². The zero-order valence-electron chi connectivity index (χ0n) is 13.6. The van der Waals surface area contributed by atoms with E-state index in [0.29, 0.717) is 0 Å². The lowest BCUT2D eigenvalue weighted by atomic mass is 10.1. The van der Waals surface area contributed by atoms with Gasteiger partial charge < -0.3 is 4.74 Å².